The number of para-hydroxylation sites is 1. The van der Waals surface area contributed by atoms with E-state index in [0.717, 1.165) is 34.4 Å². The highest BCUT2D eigenvalue weighted by atomic mass is 32.1. The largest absolute Gasteiger partial charge is 0.333 e. The quantitative estimate of drug-likeness (QED) is 0.634. The SMILES string of the molecule is N#Cc1sccc1C1=CC(c2ccccn2)=CN(c2ccccc2)C1C=O. The number of carbonyl (C=O) groups excluding carboxylic acids is 1. The fraction of sp³-hybridized carbons (Fsp3) is 0.0455. The van der Waals surface area contributed by atoms with Crippen molar-refractivity contribution in [3.63, 3.8) is 0 Å². The molecule has 0 saturated heterocycles. The fourth-order valence-electron chi connectivity index (χ4n) is 3.18. The average Bonchev–Trinajstić information content (AvgIpc) is 3.22. The summed E-state index contributed by atoms with van der Waals surface area (Å²) in [7, 11) is 0. The number of thiophene rings is 1. The van der Waals surface area contributed by atoms with Crippen LogP contribution in [-0.4, -0.2) is 17.3 Å². The molecule has 27 heavy (non-hydrogen) atoms. The Balaban J connectivity index is 1.91. The zero-order chi connectivity index (χ0) is 18.6. The van der Waals surface area contributed by atoms with Crippen molar-refractivity contribution >= 4 is 34.5 Å². The van der Waals surface area contributed by atoms with Gasteiger partial charge in [-0.3, -0.25) is 4.98 Å². The van der Waals surface area contributed by atoms with E-state index >= 15 is 0 Å². The number of nitriles is 1. The zero-order valence-corrected chi connectivity index (χ0v) is 15.1. The van der Waals surface area contributed by atoms with Gasteiger partial charge in [0.05, 0.1) is 5.69 Å². The lowest BCUT2D eigenvalue weighted by Crippen LogP contribution is -2.35. The molecular weight excluding hydrogens is 354 g/mol. The third-order valence-electron chi connectivity index (χ3n) is 4.43. The molecule has 3 heterocycles. The monoisotopic (exact) mass is 369 g/mol. The van der Waals surface area contributed by atoms with Gasteiger partial charge in [0.1, 0.15) is 23.3 Å². The lowest BCUT2D eigenvalue weighted by atomic mass is 9.92. The second-order valence-electron chi connectivity index (χ2n) is 6.00. The average molecular weight is 369 g/mol. The highest BCUT2D eigenvalue weighted by Gasteiger charge is 2.29. The number of carbonyl (C=O) groups is 1. The number of allylic oxidation sites excluding steroid dienone is 2. The van der Waals surface area contributed by atoms with Gasteiger partial charge in [0.15, 0.2) is 0 Å². The molecule has 0 fully saturated rings. The molecule has 0 radical (unpaired) electrons. The number of benzene rings is 1. The Hall–Kier alpha value is -3.49. The molecule has 0 N–H and O–H groups in total. The molecule has 2 aromatic heterocycles. The van der Waals surface area contributed by atoms with Crippen LogP contribution in [0.15, 0.2) is 78.5 Å². The van der Waals surface area contributed by atoms with Gasteiger partial charge in [-0.2, -0.15) is 5.26 Å². The van der Waals surface area contributed by atoms with Crippen LogP contribution in [0.4, 0.5) is 5.69 Å². The van der Waals surface area contributed by atoms with E-state index in [1.165, 1.54) is 11.3 Å². The van der Waals surface area contributed by atoms with Crippen molar-refractivity contribution in [3.05, 3.63) is 94.6 Å². The van der Waals surface area contributed by atoms with Crippen LogP contribution in [0, 0.1) is 11.3 Å². The molecule has 1 aliphatic rings. The van der Waals surface area contributed by atoms with E-state index in [0.29, 0.717) is 4.88 Å². The normalized spacial score (nSPS) is 16.3. The molecule has 130 valence electrons. The predicted octanol–water partition coefficient (Wildman–Crippen LogP) is 4.53. The Morgan fingerprint density at radius 1 is 1.11 bits per heavy atom. The topological polar surface area (TPSA) is 57.0 Å². The number of hydrogen-bond donors (Lipinski definition) is 0. The molecular formula is C22H15N3OS. The van der Waals surface area contributed by atoms with Crippen molar-refractivity contribution in [2.75, 3.05) is 4.90 Å². The standard InChI is InChI=1S/C22H15N3OS/c23-13-22-18(9-11-27-22)19-12-16(20-8-4-5-10-24-20)14-25(21(19)15-26)17-6-2-1-3-7-17/h1-12,14-15,21H. The molecule has 0 amide bonds. The number of hydrogen-bond acceptors (Lipinski definition) is 5. The number of nitrogens with zero attached hydrogens (tertiary/aromatic N) is 3. The van der Waals surface area contributed by atoms with Gasteiger partial charge >= 0.3 is 0 Å². The fourth-order valence-corrected chi connectivity index (χ4v) is 3.88. The van der Waals surface area contributed by atoms with Crippen LogP contribution in [0.1, 0.15) is 16.1 Å². The first-order valence-electron chi connectivity index (χ1n) is 8.43. The smallest absolute Gasteiger partial charge is 0.147 e. The summed E-state index contributed by atoms with van der Waals surface area (Å²) in [5, 5.41) is 11.3. The molecule has 0 saturated carbocycles. The minimum Gasteiger partial charge on any atom is -0.333 e. The third kappa shape index (κ3) is 3.19. The van der Waals surface area contributed by atoms with E-state index in [2.05, 4.69) is 11.1 Å². The first kappa shape index (κ1) is 17.0. The summed E-state index contributed by atoms with van der Waals surface area (Å²) in [6, 6.07) is 19.1. The van der Waals surface area contributed by atoms with Crippen LogP contribution in [-0.2, 0) is 4.79 Å². The van der Waals surface area contributed by atoms with E-state index in [-0.39, 0.29) is 0 Å². The van der Waals surface area contributed by atoms with Crippen LogP contribution in [0.5, 0.6) is 0 Å². The number of pyridine rings is 1. The van der Waals surface area contributed by atoms with Gasteiger partial charge in [-0.1, -0.05) is 24.3 Å². The Bertz CT molecular complexity index is 1060. The number of aldehydes is 1. The Morgan fingerprint density at radius 3 is 2.63 bits per heavy atom. The number of rotatable bonds is 4. The summed E-state index contributed by atoms with van der Waals surface area (Å²) in [6.07, 6.45) is 6.57. The number of aromatic nitrogens is 1. The Morgan fingerprint density at radius 2 is 1.93 bits per heavy atom. The zero-order valence-electron chi connectivity index (χ0n) is 14.3. The molecule has 0 bridgehead atoms. The van der Waals surface area contributed by atoms with Gasteiger partial charge in [-0.05, 0) is 47.4 Å². The van der Waals surface area contributed by atoms with E-state index in [1.54, 1.807) is 6.20 Å². The van der Waals surface area contributed by atoms with Crippen LogP contribution in [0.25, 0.3) is 11.1 Å². The summed E-state index contributed by atoms with van der Waals surface area (Å²) in [4.78, 5) is 19.1. The lowest BCUT2D eigenvalue weighted by molar-refractivity contribution is -0.107. The molecule has 4 rings (SSSR count). The van der Waals surface area contributed by atoms with Gasteiger partial charge in [0, 0.05) is 29.2 Å². The molecule has 5 heteroatoms. The van der Waals surface area contributed by atoms with Crippen LogP contribution < -0.4 is 4.90 Å². The minimum absolute atomic E-state index is 0.512. The van der Waals surface area contributed by atoms with E-state index < -0.39 is 6.04 Å². The molecule has 4 nitrogen and oxygen atoms in total. The highest BCUT2D eigenvalue weighted by molar-refractivity contribution is 7.10. The summed E-state index contributed by atoms with van der Waals surface area (Å²) in [6.45, 7) is 0. The Kier molecular flexibility index (Phi) is 4.65. The highest BCUT2D eigenvalue weighted by Crippen LogP contribution is 2.36. The molecule has 0 spiro atoms. The molecule has 0 aliphatic carbocycles. The second kappa shape index (κ2) is 7.40. The molecule has 3 aromatic rings. The summed E-state index contributed by atoms with van der Waals surface area (Å²) in [5.41, 5.74) is 4.20. The van der Waals surface area contributed by atoms with Crippen LogP contribution >= 0.6 is 11.3 Å². The summed E-state index contributed by atoms with van der Waals surface area (Å²) in [5.74, 6) is 0. The second-order valence-corrected chi connectivity index (χ2v) is 6.91. The maximum atomic E-state index is 12.1. The molecule has 1 aliphatic heterocycles. The van der Waals surface area contributed by atoms with Crippen molar-refractivity contribution in [1.29, 1.82) is 5.26 Å². The van der Waals surface area contributed by atoms with E-state index in [4.69, 9.17) is 0 Å². The third-order valence-corrected chi connectivity index (χ3v) is 5.25. The minimum atomic E-state index is -0.512. The Labute approximate surface area is 161 Å². The van der Waals surface area contributed by atoms with Crippen LogP contribution in [0.2, 0.25) is 0 Å². The first-order valence-corrected chi connectivity index (χ1v) is 9.31. The van der Waals surface area contributed by atoms with E-state index in [1.807, 2.05) is 77.2 Å². The maximum Gasteiger partial charge on any atom is 0.147 e. The van der Waals surface area contributed by atoms with Crippen molar-refractivity contribution in [2.45, 2.75) is 6.04 Å². The van der Waals surface area contributed by atoms with Crippen LogP contribution in [0.3, 0.4) is 0 Å². The lowest BCUT2D eigenvalue weighted by Gasteiger charge is -2.33. The van der Waals surface area contributed by atoms with Crippen molar-refractivity contribution in [3.8, 4) is 6.07 Å². The summed E-state index contributed by atoms with van der Waals surface area (Å²) >= 11 is 1.38. The number of anilines is 1. The maximum absolute atomic E-state index is 12.1. The van der Waals surface area contributed by atoms with Gasteiger partial charge in [0.25, 0.3) is 0 Å². The van der Waals surface area contributed by atoms with E-state index in [9.17, 15) is 10.1 Å². The van der Waals surface area contributed by atoms with Crippen molar-refractivity contribution < 1.29 is 4.79 Å². The van der Waals surface area contributed by atoms with Gasteiger partial charge in [-0.15, -0.1) is 11.3 Å². The van der Waals surface area contributed by atoms with Gasteiger partial charge < -0.3 is 9.69 Å². The predicted molar refractivity (Wildman–Crippen MR) is 108 cm³/mol. The summed E-state index contributed by atoms with van der Waals surface area (Å²) < 4.78 is 0. The van der Waals surface area contributed by atoms with Crippen molar-refractivity contribution in [1.82, 2.24) is 4.98 Å². The molecule has 1 atom stereocenters. The van der Waals surface area contributed by atoms with Crippen molar-refractivity contribution in [2.24, 2.45) is 0 Å². The van der Waals surface area contributed by atoms with Gasteiger partial charge in [0.2, 0.25) is 0 Å². The van der Waals surface area contributed by atoms with Gasteiger partial charge in [-0.25, -0.2) is 0 Å². The molecule has 1 unspecified atom stereocenters. The first-order chi connectivity index (χ1) is 13.3. The molecule has 1 aromatic carbocycles.